The summed E-state index contributed by atoms with van der Waals surface area (Å²) in [6.07, 6.45) is 2.97. The van der Waals surface area contributed by atoms with Crippen LogP contribution in [0.15, 0.2) is 34.9 Å². The summed E-state index contributed by atoms with van der Waals surface area (Å²) in [4.78, 5) is 29.6. The molecule has 15 atom stereocenters. The minimum atomic E-state index is -1.84. The summed E-state index contributed by atoms with van der Waals surface area (Å²) in [5, 5.41) is 77.6. The average Bonchev–Trinajstić information content (AvgIpc) is 3.14. The number of allylic oxidation sites excluding steroid dienone is 1. The van der Waals surface area contributed by atoms with Gasteiger partial charge in [-0.2, -0.15) is 0 Å². The maximum atomic E-state index is 14.1. The molecule has 1 amide bonds. The molecular weight excluding hydrogens is 730 g/mol. The number of rotatable bonds is 4. The molecule has 2 bridgehead atoms. The standard InChI is InChI=1S/C45H77NO11/c1-10-34-15-17-41(29(5)21-27(3)33(9)47)56-44(54)37-13-11-12-18-46(37)42(52)25-45(55)31(7)14-16-36(57-45)24-40(51)32(8)39(50)23-35(48)22-38(49)28(4)19-26(2)20-30(6)43(34)53/h15,19,21,26-27,30-33,35-41,43,47-51,53,55H,10-14,16-18,20,22-25H2,1-9H3. The van der Waals surface area contributed by atoms with Gasteiger partial charge >= 0.3 is 5.97 Å². The van der Waals surface area contributed by atoms with Crippen LogP contribution >= 0.6 is 0 Å². The number of amides is 1. The number of nitrogens with zero attached hydrogens (tertiary/aromatic N) is 1. The van der Waals surface area contributed by atoms with Gasteiger partial charge in [0.25, 0.3) is 0 Å². The molecule has 328 valence electrons. The molecule has 2 fully saturated rings. The maximum absolute atomic E-state index is 14.1. The van der Waals surface area contributed by atoms with Gasteiger partial charge in [0.1, 0.15) is 12.1 Å². The van der Waals surface area contributed by atoms with Crippen molar-refractivity contribution in [3.63, 3.8) is 0 Å². The summed E-state index contributed by atoms with van der Waals surface area (Å²) in [7, 11) is 0. The predicted molar refractivity (Wildman–Crippen MR) is 219 cm³/mol. The molecule has 0 aliphatic carbocycles. The largest absolute Gasteiger partial charge is 0.456 e. The van der Waals surface area contributed by atoms with Crippen LogP contribution in [0.2, 0.25) is 0 Å². The van der Waals surface area contributed by atoms with Crippen molar-refractivity contribution in [2.24, 2.45) is 29.6 Å². The third-order valence-electron chi connectivity index (χ3n) is 13.1. The molecule has 0 spiro atoms. The van der Waals surface area contributed by atoms with Crippen molar-refractivity contribution >= 4 is 11.9 Å². The molecule has 2 saturated heterocycles. The highest BCUT2D eigenvalue weighted by atomic mass is 16.6. The van der Waals surface area contributed by atoms with Crippen molar-refractivity contribution in [3.05, 3.63) is 34.9 Å². The number of hydrogen-bond acceptors (Lipinski definition) is 11. The Hall–Kier alpha value is -2.16. The molecule has 12 heteroatoms. The number of aliphatic hydroxyl groups is 7. The van der Waals surface area contributed by atoms with Crippen molar-refractivity contribution in [1.29, 1.82) is 0 Å². The first-order chi connectivity index (χ1) is 26.7. The molecule has 3 aliphatic rings. The van der Waals surface area contributed by atoms with Gasteiger partial charge in [0, 0.05) is 37.1 Å². The fourth-order valence-corrected chi connectivity index (χ4v) is 8.72. The number of carbonyl (C=O) groups is 2. The van der Waals surface area contributed by atoms with Crippen molar-refractivity contribution < 1.29 is 54.8 Å². The zero-order valence-electron chi connectivity index (χ0n) is 36.2. The molecule has 57 heavy (non-hydrogen) atoms. The number of esters is 1. The Morgan fingerprint density at radius 1 is 0.965 bits per heavy atom. The first-order valence-corrected chi connectivity index (χ1v) is 21.7. The zero-order chi connectivity index (χ0) is 42.8. The fourth-order valence-electron chi connectivity index (χ4n) is 8.72. The molecule has 15 unspecified atom stereocenters. The molecule has 0 saturated carbocycles. The van der Waals surface area contributed by atoms with Gasteiger partial charge in [-0.1, -0.05) is 59.8 Å². The normalized spacial score (nSPS) is 39.5. The van der Waals surface area contributed by atoms with Crippen LogP contribution in [0.5, 0.6) is 0 Å². The Balaban J connectivity index is 2.00. The average molecular weight is 808 g/mol. The lowest BCUT2D eigenvalue weighted by molar-refractivity contribution is -0.285. The van der Waals surface area contributed by atoms with Crippen LogP contribution in [0.25, 0.3) is 0 Å². The van der Waals surface area contributed by atoms with E-state index in [1.165, 1.54) is 4.90 Å². The number of ether oxygens (including phenoxy) is 2. The molecule has 3 rings (SSSR count). The van der Waals surface area contributed by atoms with E-state index in [0.29, 0.717) is 50.6 Å². The number of carbonyl (C=O) groups excluding carboxylic acids is 2. The second-order valence-corrected chi connectivity index (χ2v) is 18.1. The number of piperidine rings is 1. The minimum absolute atomic E-state index is 0.00686. The topological polar surface area (TPSA) is 197 Å². The highest BCUT2D eigenvalue weighted by Gasteiger charge is 2.46. The molecule has 0 aromatic carbocycles. The highest BCUT2D eigenvalue weighted by molar-refractivity contribution is 5.85. The van der Waals surface area contributed by atoms with Gasteiger partial charge in [-0.05, 0) is 107 Å². The summed E-state index contributed by atoms with van der Waals surface area (Å²) in [5.74, 6) is -4.26. The predicted octanol–water partition coefficient (Wildman–Crippen LogP) is 5.10. The summed E-state index contributed by atoms with van der Waals surface area (Å²) >= 11 is 0. The molecule has 3 aliphatic heterocycles. The molecule has 0 radical (unpaired) electrons. The van der Waals surface area contributed by atoms with Gasteiger partial charge in [-0.25, -0.2) is 4.79 Å². The lowest BCUT2D eigenvalue weighted by atomic mass is 9.84. The molecule has 0 aromatic rings. The monoisotopic (exact) mass is 808 g/mol. The van der Waals surface area contributed by atoms with Crippen LogP contribution in [0, 0.1) is 29.6 Å². The van der Waals surface area contributed by atoms with Crippen LogP contribution in [0.3, 0.4) is 0 Å². The van der Waals surface area contributed by atoms with E-state index in [0.717, 1.165) is 17.6 Å². The number of hydrogen-bond donors (Lipinski definition) is 7. The van der Waals surface area contributed by atoms with E-state index in [1.54, 1.807) is 20.8 Å². The van der Waals surface area contributed by atoms with Gasteiger partial charge in [-0.3, -0.25) is 4.79 Å². The van der Waals surface area contributed by atoms with Crippen LogP contribution in [-0.2, 0) is 19.1 Å². The smallest absolute Gasteiger partial charge is 0.329 e. The van der Waals surface area contributed by atoms with Crippen molar-refractivity contribution in [3.8, 4) is 0 Å². The molecule has 0 aromatic heterocycles. The van der Waals surface area contributed by atoms with Gasteiger partial charge in [0.2, 0.25) is 5.91 Å². The van der Waals surface area contributed by atoms with E-state index in [4.69, 9.17) is 9.47 Å². The first kappa shape index (κ1) is 49.2. The van der Waals surface area contributed by atoms with Crippen molar-refractivity contribution in [1.82, 2.24) is 4.90 Å². The van der Waals surface area contributed by atoms with Gasteiger partial charge in [0.05, 0.1) is 49.1 Å². The van der Waals surface area contributed by atoms with Crippen molar-refractivity contribution in [2.45, 2.75) is 200 Å². The van der Waals surface area contributed by atoms with E-state index in [-0.39, 0.29) is 49.9 Å². The van der Waals surface area contributed by atoms with Gasteiger partial charge in [0.15, 0.2) is 5.79 Å². The van der Waals surface area contributed by atoms with E-state index < -0.39 is 84.4 Å². The Kier molecular flexibility index (Phi) is 19.4. The molecule has 12 nitrogen and oxygen atoms in total. The summed E-state index contributed by atoms with van der Waals surface area (Å²) in [5.41, 5.74) is 2.23. The van der Waals surface area contributed by atoms with E-state index in [9.17, 15) is 45.3 Å². The van der Waals surface area contributed by atoms with Crippen LogP contribution in [0.1, 0.15) is 139 Å². The summed E-state index contributed by atoms with van der Waals surface area (Å²) in [6.45, 7) is 17.0. The lowest BCUT2D eigenvalue weighted by Gasteiger charge is -2.44. The van der Waals surface area contributed by atoms with E-state index >= 15 is 0 Å². The molecular formula is C45H77NO11. The second-order valence-electron chi connectivity index (χ2n) is 18.1. The number of cyclic esters (lactones) is 1. The molecule has 3 heterocycles. The Morgan fingerprint density at radius 3 is 2.28 bits per heavy atom. The third kappa shape index (κ3) is 14.2. The zero-order valence-corrected chi connectivity index (χ0v) is 36.2. The van der Waals surface area contributed by atoms with Crippen LogP contribution in [0.4, 0.5) is 0 Å². The quantitative estimate of drug-likeness (QED) is 0.148. The van der Waals surface area contributed by atoms with Crippen LogP contribution in [-0.4, -0.2) is 120 Å². The SMILES string of the molecule is CCC1=CCC(C(C)=CC(C)C(C)O)OC(=O)C2CCCCN2C(=O)CC2(O)OC(CCC2C)CC(O)C(C)C(O)CC(O)CC(O)C(C)=CC(C)CC(C)C1O. The Bertz CT molecular complexity index is 1380. The fraction of sp³-hybridized carbons (Fsp3) is 0.822. The number of aliphatic hydroxyl groups excluding tert-OH is 6. The summed E-state index contributed by atoms with van der Waals surface area (Å²) < 4.78 is 12.4. The van der Waals surface area contributed by atoms with Crippen molar-refractivity contribution in [2.75, 3.05) is 6.54 Å². The third-order valence-corrected chi connectivity index (χ3v) is 13.1. The Labute approximate surface area is 342 Å². The maximum Gasteiger partial charge on any atom is 0.329 e. The van der Waals surface area contributed by atoms with E-state index in [2.05, 4.69) is 0 Å². The Morgan fingerprint density at radius 2 is 1.63 bits per heavy atom. The first-order valence-electron chi connectivity index (χ1n) is 21.7. The lowest BCUT2D eigenvalue weighted by Crippen LogP contribution is -2.54. The van der Waals surface area contributed by atoms with Crippen LogP contribution < -0.4 is 0 Å². The minimum Gasteiger partial charge on any atom is -0.456 e. The second kappa shape index (κ2) is 22.4. The van der Waals surface area contributed by atoms with Gasteiger partial charge in [-0.15, -0.1) is 0 Å². The number of fused-ring (bicyclic) bond motifs is 3. The van der Waals surface area contributed by atoms with E-state index in [1.807, 2.05) is 59.8 Å². The highest BCUT2D eigenvalue weighted by Crippen LogP contribution is 2.38. The summed E-state index contributed by atoms with van der Waals surface area (Å²) in [6, 6.07) is -0.868. The van der Waals surface area contributed by atoms with Gasteiger partial charge < -0.3 is 50.1 Å². The molecule has 7 N–H and O–H groups in total.